The first-order valence-electron chi connectivity index (χ1n) is 7.80. The zero-order valence-corrected chi connectivity index (χ0v) is 12.1. The zero-order chi connectivity index (χ0) is 13.9. The number of fused-ring (bicyclic) bond motifs is 2. The Labute approximate surface area is 121 Å². The van der Waals surface area contributed by atoms with E-state index in [0.717, 1.165) is 17.4 Å². The summed E-state index contributed by atoms with van der Waals surface area (Å²) in [5.74, 6) is 2.47. The van der Waals surface area contributed by atoms with Crippen LogP contribution in [0.4, 0.5) is 4.79 Å². The van der Waals surface area contributed by atoms with Crippen molar-refractivity contribution in [2.24, 2.45) is 17.8 Å². The molecule has 0 heterocycles. The van der Waals surface area contributed by atoms with Crippen LogP contribution in [-0.2, 0) is 6.54 Å². The van der Waals surface area contributed by atoms with Gasteiger partial charge >= 0.3 is 6.03 Å². The van der Waals surface area contributed by atoms with Crippen LogP contribution in [0.1, 0.15) is 38.2 Å². The molecule has 0 aliphatic heterocycles. The molecule has 3 rings (SSSR count). The van der Waals surface area contributed by atoms with Crippen molar-refractivity contribution in [3.63, 3.8) is 0 Å². The van der Waals surface area contributed by atoms with Gasteiger partial charge in [0.05, 0.1) is 0 Å². The van der Waals surface area contributed by atoms with E-state index < -0.39 is 0 Å². The van der Waals surface area contributed by atoms with Gasteiger partial charge in [-0.3, -0.25) is 0 Å². The molecule has 20 heavy (non-hydrogen) atoms. The van der Waals surface area contributed by atoms with E-state index in [-0.39, 0.29) is 6.03 Å². The Hall–Kier alpha value is -1.51. The van der Waals surface area contributed by atoms with Crippen molar-refractivity contribution in [2.75, 3.05) is 0 Å². The highest BCUT2D eigenvalue weighted by Gasteiger charge is 2.42. The van der Waals surface area contributed by atoms with Crippen LogP contribution in [0.25, 0.3) is 0 Å². The molecule has 3 heteroatoms. The van der Waals surface area contributed by atoms with Gasteiger partial charge in [0.2, 0.25) is 0 Å². The molecule has 0 aromatic heterocycles. The fraction of sp³-hybridized carbons (Fsp3) is 0.588. The van der Waals surface area contributed by atoms with Gasteiger partial charge in [-0.25, -0.2) is 4.79 Å². The Morgan fingerprint density at radius 1 is 1.25 bits per heavy atom. The minimum Gasteiger partial charge on any atom is -0.335 e. The average molecular weight is 272 g/mol. The molecule has 3 nitrogen and oxygen atoms in total. The SMILES string of the molecule is CC(NC(=O)NCc1ccccc1)C1CC2CCC1C2. The molecule has 4 atom stereocenters. The Balaban J connectivity index is 1.44. The first kappa shape index (κ1) is 13.5. The number of hydrogen-bond acceptors (Lipinski definition) is 1. The third kappa shape index (κ3) is 2.97. The first-order valence-corrected chi connectivity index (χ1v) is 7.80. The molecule has 0 spiro atoms. The second-order valence-corrected chi connectivity index (χ2v) is 6.44. The van der Waals surface area contributed by atoms with E-state index in [1.807, 2.05) is 30.3 Å². The standard InChI is InChI=1S/C17H24N2O/c1-12(16-10-14-7-8-15(16)9-14)19-17(20)18-11-13-5-3-2-4-6-13/h2-6,12,14-16H,7-11H2,1H3,(H2,18,19,20). The monoisotopic (exact) mass is 272 g/mol. The number of hydrogen-bond donors (Lipinski definition) is 2. The number of carbonyl (C=O) groups excluding carboxylic acids is 1. The fourth-order valence-corrected chi connectivity index (χ4v) is 4.05. The quantitative estimate of drug-likeness (QED) is 0.867. The summed E-state index contributed by atoms with van der Waals surface area (Å²) < 4.78 is 0. The van der Waals surface area contributed by atoms with Crippen molar-refractivity contribution in [1.29, 1.82) is 0 Å². The topological polar surface area (TPSA) is 41.1 Å². The molecule has 0 radical (unpaired) electrons. The highest BCUT2D eigenvalue weighted by Crippen LogP contribution is 2.49. The Kier molecular flexibility index (Phi) is 3.95. The Bertz CT molecular complexity index is 459. The van der Waals surface area contributed by atoms with E-state index in [4.69, 9.17) is 0 Å². The molecule has 2 fully saturated rings. The zero-order valence-electron chi connectivity index (χ0n) is 12.1. The van der Waals surface area contributed by atoms with Crippen molar-refractivity contribution >= 4 is 6.03 Å². The van der Waals surface area contributed by atoms with Crippen molar-refractivity contribution in [2.45, 2.75) is 45.2 Å². The lowest BCUT2D eigenvalue weighted by Gasteiger charge is -2.28. The van der Waals surface area contributed by atoms with E-state index in [9.17, 15) is 4.79 Å². The highest BCUT2D eigenvalue weighted by atomic mass is 16.2. The summed E-state index contributed by atoms with van der Waals surface area (Å²) in [7, 11) is 0. The van der Waals surface area contributed by atoms with Gasteiger partial charge in [0.1, 0.15) is 0 Å². The van der Waals surface area contributed by atoms with Crippen LogP contribution < -0.4 is 10.6 Å². The predicted molar refractivity (Wildman–Crippen MR) is 80.2 cm³/mol. The summed E-state index contributed by atoms with van der Waals surface area (Å²) in [5, 5.41) is 6.07. The van der Waals surface area contributed by atoms with Crippen LogP contribution >= 0.6 is 0 Å². The number of amides is 2. The molecule has 2 aliphatic rings. The third-order valence-electron chi connectivity index (χ3n) is 5.09. The lowest BCUT2D eigenvalue weighted by Crippen LogP contribution is -2.45. The first-order chi connectivity index (χ1) is 9.72. The summed E-state index contributed by atoms with van der Waals surface area (Å²) in [6.45, 7) is 2.75. The molecule has 2 aliphatic carbocycles. The molecule has 108 valence electrons. The van der Waals surface area contributed by atoms with Crippen LogP contribution in [0.5, 0.6) is 0 Å². The number of benzene rings is 1. The maximum atomic E-state index is 12.0. The van der Waals surface area contributed by atoms with Crippen LogP contribution in [0.2, 0.25) is 0 Å². The Morgan fingerprint density at radius 2 is 2.05 bits per heavy atom. The molecule has 2 N–H and O–H groups in total. The molecule has 2 bridgehead atoms. The molecule has 1 aromatic rings. The van der Waals surface area contributed by atoms with Crippen LogP contribution in [0, 0.1) is 17.8 Å². The third-order valence-corrected chi connectivity index (χ3v) is 5.09. The van der Waals surface area contributed by atoms with Gasteiger partial charge in [0.15, 0.2) is 0 Å². The van der Waals surface area contributed by atoms with Gasteiger partial charge in [-0.05, 0) is 49.5 Å². The summed E-state index contributed by atoms with van der Waals surface area (Å²) in [4.78, 5) is 12.0. The molecule has 2 amide bonds. The van der Waals surface area contributed by atoms with Crippen molar-refractivity contribution in [1.82, 2.24) is 10.6 Å². The van der Waals surface area contributed by atoms with Crippen LogP contribution in [0.15, 0.2) is 30.3 Å². The normalized spacial score (nSPS) is 29.1. The van der Waals surface area contributed by atoms with E-state index in [1.165, 1.54) is 25.7 Å². The molecule has 0 saturated heterocycles. The van der Waals surface area contributed by atoms with Gasteiger partial charge in [-0.1, -0.05) is 36.8 Å². The summed E-state index contributed by atoms with van der Waals surface area (Å²) >= 11 is 0. The maximum absolute atomic E-state index is 12.0. The van der Waals surface area contributed by atoms with Gasteiger partial charge < -0.3 is 10.6 Å². The second-order valence-electron chi connectivity index (χ2n) is 6.44. The van der Waals surface area contributed by atoms with Crippen LogP contribution in [-0.4, -0.2) is 12.1 Å². The Morgan fingerprint density at radius 3 is 2.70 bits per heavy atom. The molecular weight excluding hydrogens is 248 g/mol. The minimum atomic E-state index is -0.0378. The fourth-order valence-electron chi connectivity index (χ4n) is 4.05. The summed E-state index contributed by atoms with van der Waals surface area (Å²) in [6, 6.07) is 10.3. The van der Waals surface area contributed by atoms with E-state index in [0.29, 0.717) is 18.5 Å². The smallest absolute Gasteiger partial charge is 0.315 e. The molecular formula is C17H24N2O. The number of nitrogens with one attached hydrogen (secondary N) is 2. The molecule has 1 aromatic carbocycles. The van der Waals surface area contributed by atoms with Crippen molar-refractivity contribution < 1.29 is 4.79 Å². The van der Waals surface area contributed by atoms with Gasteiger partial charge in [0, 0.05) is 12.6 Å². The number of carbonyl (C=O) groups is 1. The largest absolute Gasteiger partial charge is 0.335 e. The van der Waals surface area contributed by atoms with Gasteiger partial charge in [0.25, 0.3) is 0 Å². The lowest BCUT2D eigenvalue weighted by molar-refractivity contribution is 0.220. The minimum absolute atomic E-state index is 0.0378. The van der Waals surface area contributed by atoms with Crippen molar-refractivity contribution in [3.8, 4) is 0 Å². The average Bonchev–Trinajstić information content (AvgIpc) is 3.09. The molecule has 4 unspecified atom stereocenters. The van der Waals surface area contributed by atoms with Crippen LogP contribution in [0.3, 0.4) is 0 Å². The van der Waals surface area contributed by atoms with Gasteiger partial charge in [-0.15, -0.1) is 0 Å². The second kappa shape index (κ2) is 5.86. The van der Waals surface area contributed by atoms with E-state index in [1.54, 1.807) is 0 Å². The predicted octanol–water partition coefficient (Wildman–Crippen LogP) is 3.31. The highest BCUT2D eigenvalue weighted by molar-refractivity contribution is 5.74. The maximum Gasteiger partial charge on any atom is 0.315 e. The summed E-state index contributed by atoms with van der Waals surface area (Å²) in [6.07, 6.45) is 5.48. The lowest BCUT2D eigenvalue weighted by atomic mass is 9.84. The number of rotatable bonds is 4. The van der Waals surface area contributed by atoms with Crippen molar-refractivity contribution in [3.05, 3.63) is 35.9 Å². The molecule has 2 saturated carbocycles. The number of urea groups is 1. The van der Waals surface area contributed by atoms with Gasteiger partial charge in [-0.2, -0.15) is 0 Å². The van der Waals surface area contributed by atoms with E-state index >= 15 is 0 Å². The summed E-state index contributed by atoms with van der Waals surface area (Å²) in [5.41, 5.74) is 1.13. The van der Waals surface area contributed by atoms with E-state index in [2.05, 4.69) is 17.6 Å².